The molecule has 7 nitrogen and oxygen atoms in total. The molecule has 0 bridgehead atoms. The molecule has 0 spiro atoms. The van der Waals surface area contributed by atoms with E-state index in [1.807, 2.05) is 25.1 Å². The number of methoxy groups -OCH3 is 1. The largest absolute Gasteiger partial charge is 0.493 e. The number of carbonyl (C=O) groups is 1. The highest BCUT2D eigenvalue weighted by Gasteiger charge is 2.29. The summed E-state index contributed by atoms with van der Waals surface area (Å²) in [6.07, 6.45) is 2.19. The van der Waals surface area contributed by atoms with Crippen LogP contribution >= 0.6 is 0 Å². The first-order valence-corrected chi connectivity index (χ1v) is 8.32. The highest BCUT2D eigenvalue weighted by molar-refractivity contribution is 5.75. The van der Waals surface area contributed by atoms with Crippen LogP contribution in [0.4, 0.5) is 0 Å². The van der Waals surface area contributed by atoms with E-state index in [1.165, 1.54) is 0 Å². The van der Waals surface area contributed by atoms with Gasteiger partial charge in [-0.15, -0.1) is 0 Å². The van der Waals surface area contributed by atoms with E-state index in [0.29, 0.717) is 11.5 Å². The van der Waals surface area contributed by atoms with Crippen molar-refractivity contribution in [2.75, 3.05) is 20.3 Å². The van der Waals surface area contributed by atoms with Gasteiger partial charge in [-0.25, -0.2) is 0 Å². The van der Waals surface area contributed by atoms with Crippen LogP contribution in [0.1, 0.15) is 35.9 Å². The average molecular weight is 345 g/mol. The van der Waals surface area contributed by atoms with Crippen molar-refractivity contribution in [3.05, 3.63) is 41.3 Å². The minimum atomic E-state index is -0.520. The van der Waals surface area contributed by atoms with Crippen molar-refractivity contribution < 1.29 is 18.8 Å². The Hall–Kier alpha value is -2.54. The number of rotatable bonds is 7. The summed E-state index contributed by atoms with van der Waals surface area (Å²) in [5.41, 5.74) is 7.12. The summed E-state index contributed by atoms with van der Waals surface area (Å²) < 4.78 is 16.2. The third-order valence-corrected chi connectivity index (χ3v) is 4.32. The van der Waals surface area contributed by atoms with Crippen molar-refractivity contribution in [1.29, 1.82) is 0 Å². The number of carbonyl (C=O) groups excluding carboxylic acids is 1. The summed E-state index contributed by atoms with van der Waals surface area (Å²) in [7, 11) is 1.58. The second kappa shape index (κ2) is 7.57. The van der Waals surface area contributed by atoms with E-state index in [-0.39, 0.29) is 12.6 Å². The third-order valence-electron chi connectivity index (χ3n) is 4.32. The summed E-state index contributed by atoms with van der Waals surface area (Å²) in [5.74, 6) is 1.50. The lowest BCUT2D eigenvalue weighted by atomic mass is 10.1. The molecular weight excluding hydrogens is 322 g/mol. The number of aryl methyl sites for hydroxylation is 1. The Labute approximate surface area is 146 Å². The molecule has 1 aromatic carbocycles. The van der Waals surface area contributed by atoms with Crippen LogP contribution in [0.5, 0.6) is 11.5 Å². The first kappa shape index (κ1) is 17.3. The Morgan fingerprint density at radius 1 is 1.40 bits per heavy atom. The van der Waals surface area contributed by atoms with Crippen LogP contribution in [0.15, 0.2) is 28.8 Å². The lowest BCUT2D eigenvalue weighted by molar-refractivity contribution is -0.119. The molecule has 7 heteroatoms. The quantitative estimate of drug-likeness (QED) is 0.827. The molecule has 0 saturated carbocycles. The summed E-state index contributed by atoms with van der Waals surface area (Å²) in [5, 5.41) is 4.00. The summed E-state index contributed by atoms with van der Waals surface area (Å²) in [4.78, 5) is 13.3. The van der Waals surface area contributed by atoms with Gasteiger partial charge in [-0.1, -0.05) is 11.2 Å². The molecule has 3 rings (SSSR count). The van der Waals surface area contributed by atoms with Crippen LogP contribution in [-0.4, -0.2) is 36.2 Å². The Bertz CT molecular complexity index is 744. The molecule has 1 saturated heterocycles. The van der Waals surface area contributed by atoms with Gasteiger partial charge in [0.1, 0.15) is 0 Å². The molecule has 25 heavy (non-hydrogen) atoms. The highest BCUT2D eigenvalue weighted by atomic mass is 16.5. The Kier molecular flexibility index (Phi) is 5.23. The number of amides is 1. The molecule has 1 atom stereocenters. The zero-order valence-electron chi connectivity index (χ0n) is 14.5. The van der Waals surface area contributed by atoms with Gasteiger partial charge in [0.25, 0.3) is 5.91 Å². The number of benzene rings is 1. The van der Waals surface area contributed by atoms with E-state index in [1.54, 1.807) is 13.2 Å². The molecule has 0 radical (unpaired) electrons. The SMILES string of the molecule is COc1cc(CN2CCCC2c2cc(C)no2)ccc1OCC(N)=O. The molecule has 2 aromatic rings. The number of aromatic nitrogens is 1. The third kappa shape index (κ3) is 4.11. The van der Waals surface area contributed by atoms with Crippen LogP contribution in [0.2, 0.25) is 0 Å². The van der Waals surface area contributed by atoms with E-state index in [2.05, 4.69) is 10.1 Å². The summed E-state index contributed by atoms with van der Waals surface area (Å²) in [6.45, 7) is 3.54. The molecule has 134 valence electrons. The molecule has 1 unspecified atom stereocenters. The second-order valence-electron chi connectivity index (χ2n) is 6.24. The number of nitrogens with zero attached hydrogens (tertiary/aromatic N) is 2. The van der Waals surface area contributed by atoms with Crippen molar-refractivity contribution in [2.24, 2.45) is 5.73 Å². The Morgan fingerprint density at radius 3 is 2.92 bits per heavy atom. The number of nitrogens with two attached hydrogens (primary N) is 1. The van der Waals surface area contributed by atoms with Crippen LogP contribution in [0, 0.1) is 6.92 Å². The van der Waals surface area contributed by atoms with Crippen LogP contribution < -0.4 is 15.2 Å². The van der Waals surface area contributed by atoms with Gasteiger partial charge in [0.05, 0.1) is 18.8 Å². The second-order valence-corrected chi connectivity index (χ2v) is 6.24. The lowest BCUT2D eigenvalue weighted by Gasteiger charge is -2.22. The molecule has 2 heterocycles. The molecule has 0 aliphatic carbocycles. The van der Waals surface area contributed by atoms with E-state index < -0.39 is 5.91 Å². The predicted octanol–water partition coefficient (Wildman–Crippen LogP) is 2.19. The zero-order chi connectivity index (χ0) is 17.8. The number of likely N-dealkylation sites (tertiary alicyclic amines) is 1. The maximum absolute atomic E-state index is 10.9. The van der Waals surface area contributed by atoms with E-state index in [0.717, 1.165) is 42.9 Å². The van der Waals surface area contributed by atoms with Gasteiger partial charge >= 0.3 is 0 Å². The Balaban J connectivity index is 1.72. The lowest BCUT2D eigenvalue weighted by Crippen LogP contribution is -2.22. The maximum atomic E-state index is 10.9. The standard InChI is InChI=1S/C18H23N3O4/c1-12-8-16(25-20-12)14-4-3-7-21(14)10-13-5-6-15(17(9-13)23-2)24-11-18(19)22/h5-6,8-9,14H,3-4,7,10-11H2,1-2H3,(H2,19,22). The van der Waals surface area contributed by atoms with E-state index in [9.17, 15) is 4.79 Å². The Morgan fingerprint density at radius 2 is 2.24 bits per heavy atom. The first-order valence-electron chi connectivity index (χ1n) is 8.32. The highest BCUT2D eigenvalue weighted by Crippen LogP contribution is 2.35. The maximum Gasteiger partial charge on any atom is 0.255 e. The predicted molar refractivity (Wildman–Crippen MR) is 91.3 cm³/mol. The van der Waals surface area contributed by atoms with Crippen molar-refractivity contribution in [3.8, 4) is 11.5 Å². The normalized spacial score (nSPS) is 17.6. The van der Waals surface area contributed by atoms with Crippen molar-refractivity contribution >= 4 is 5.91 Å². The fourth-order valence-electron chi connectivity index (χ4n) is 3.19. The molecule has 1 amide bonds. The fourth-order valence-corrected chi connectivity index (χ4v) is 3.19. The molecule has 1 aliphatic heterocycles. The minimum Gasteiger partial charge on any atom is -0.493 e. The first-order chi connectivity index (χ1) is 12.1. The fraction of sp³-hybridized carbons (Fsp3) is 0.444. The van der Waals surface area contributed by atoms with Crippen molar-refractivity contribution in [1.82, 2.24) is 10.1 Å². The van der Waals surface area contributed by atoms with E-state index in [4.69, 9.17) is 19.7 Å². The van der Waals surface area contributed by atoms with Gasteiger partial charge in [-0.05, 0) is 44.0 Å². The molecular formula is C18H23N3O4. The van der Waals surface area contributed by atoms with Gasteiger partial charge in [0.15, 0.2) is 23.9 Å². The molecule has 2 N–H and O–H groups in total. The topological polar surface area (TPSA) is 90.8 Å². The monoisotopic (exact) mass is 345 g/mol. The average Bonchev–Trinajstić information content (AvgIpc) is 3.22. The smallest absolute Gasteiger partial charge is 0.255 e. The van der Waals surface area contributed by atoms with Gasteiger partial charge in [0, 0.05) is 12.6 Å². The van der Waals surface area contributed by atoms with Crippen molar-refractivity contribution in [3.63, 3.8) is 0 Å². The van der Waals surface area contributed by atoms with Gasteiger partial charge in [-0.2, -0.15) is 0 Å². The number of hydrogen-bond donors (Lipinski definition) is 1. The van der Waals surface area contributed by atoms with Gasteiger partial charge in [0.2, 0.25) is 0 Å². The molecule has 1 aromatic heterocycles. The number of hydrogen-bond acceptors (Lipinski definition) is 6. The van der Waals surface area contributed by atoms with Crippen LogP contribution in [0.25, 0.3) is 0 Å². The summed E-state index contributed by atoms with van der Waals surface area (Å²) in [6, 6.07) is 7.96. The number of ether oxygens (including phenoxy) is 2. The van der Waals surface area contributed by atoms with Crippen LogP contribution in [0.3, 0.4) is 0 Å². The molecule has 1 aliphatic rings. The minimum absolute atomic E-state index is 0.172. The van der Waals surface area contributed by atoms with E-state index >= 15 is 0 Å². The van der Waals surface area contributed by atoms with Crippen LogP contribution in [-0.2, 0) is 11.3 Å². The summed E-state index contributed by atoms with van der Waals surface area (Å²) >= 11 is 0. The van der Waals surface area contributed by atoms with Crippen molar-refractivity contribution in [2.45, 2.75) is 32.4 Å². The van der Waals surface area contributed by atoms with Gasteiger partial charge in [-0.3, -0.25) is 9.69 Å². The zero-order valence-corrected chi connectivity index (χ0v) is 14.5. The molecule has 1 fully saturated rings. The van der Waals surface area contributed by atoms with Gasteiger partial charge < -0.3 is 19.7 Å². The number of primary amides is 1.